The maximum absolute atomic E-state index is 4.49. The van der Waals surface area contributed by atoms with Crippen LogP contribution in [0.2, 0.25) is 0 Å². The van der Waals surface area contributed by atoms with E-state index in [4.69, 9.17) is 0 Å². The molecular weight excluding hydrogens is 148 g/mol. The van der Waals surface area contributed by atoms with Crippen molar-refractivity contribution in [1.29, 1.82) is 0 Å². The monoisotopic (exact) mass is 164 g/mol. The molecular formula is C10H16N2. The van der Waals surface area contributed by atoms with E-state index in [1.165, 1.54) is 24.8 Å². The van der Waals surface area contributed by atoms with E-state index in [-0.39, 0.29) is 0 Å². The molecule has 1 aliphatic carbocycles. The van der Waals surface area contributed by atoms with Gasteiger partial charge in [-0.25, -0.2) is 0 Å². The van der Waals surface area contributed by atoms with Crippen molar-refractivity contribution in [2.75, 3.05) is 7.05 Å². The van der Waals surface area contributed by atoms with E-state index >= 15 is 0 Å². The van der Waals surface area contributed by atoms with Crippen molar-refractivity contribution in [3.8, 4) is 0 Å². The van der Waals surface area contributed by atoms with Gasteiger partial charge in [0.15, 0.2) is 0 Å². The van der Waals surface area contributed by atoms with Gasteiger partial charge in [0.1, 0.15) is 0 Å². The Bertz CT molecular complexity index is 242. The van der Waals surface area contributed by atoms with Gasteiger partial charge in [-0.1, -0.05) is 6.58 Å². The maximum atomic E-state index is 4.49. The molecule has 0 aromatic carbocycles. The molecule has 2 rings (SSSR count). The molecule has 0 aromatic rings. The van der Waals surface area contributed by atoms with Crippen LogP contribution in [0.15, 0.2) is 17.3 Å². The van der Waals surface area contributed by atoms with E-state index in [1.807, 2.05) is 0 Å². The molecule has 0 saturated heterocycles. The highest BCUT2D eigenvalue weighted by Crippen LogP contribution is 2.36. The summed E-state index contributed by atoms with van der Waals surface area (Å²) in [7, 11) is 2.08. The van der Waals surface area contributed by atoms with Gasteiger partial charge in [0, 0.05) is 13.1 Å². The Hall–Kier alpha value is -0.790. The minimum Gasteiger partial charge on any atom is -0.297 e. The summed E-state index contributed by atoms with van der Waals surface area (Å²) < 4.78 is 0. The number of nitrogens with zero attached hydrogens (tertiary/aromatic N) is 2. The van der Waals surface area contributed by atoms with Crippen LogP contribution in [0.25, 0.3) is 0 Å². The minimum atomic E-state index is 0.671. The number of hydrogen-bond donors (Lipinski definition) is 0. The Balaban J connectivity index is 2.31. The lowest BCUT2D eigenvalue weighted by Gasteiger charge is -2.20. The summed E-state index contributed by atoms with van der Waals surface area (Å²) in [5.74, 6) is 0.712. The van der Waals surface area contributed by atoms with E-state index in [0.29, 0.717) is 12.0 Å². The van der Waals surface area contributed by atoms with Crippen molar-refractivity contribution >= 4 is 5.71 Å². The van der Waals surface area contributed by atoms with Crippen LogP contribution < -0.4 is 0 Å². The van der Waals surface area contributed by atoms with Gasteiger partial charge in [-0.15, -0.1) is 0 Å². The van der Waals surface area contributed by atoms with Gasteiger partial charge in [0.25, 0.3) is 0 Å². The molecule has 1 aliphatic heterocycles. The first-order valence-electron chi connectivity index (χ1n) is 4.65. The Morgan fingerprint density at radius 3 is 3.00 bits per heavy atom. The predicted molar refractivity (Wildman–Crippen MR) is 51.1 cm³/mol. The molecule has 1 heterocycles. The third kappa shape index (κ3) is 1.06. The number of hydrogen-bond acceptors (Lipinski definition) is 2. The normalized spacial score (nSPS) is 35.0. The smallest absolute Gasteiger partial charge is 0.0603 e. The van der Waals surface area contributed by atoms with Crippen LogP contribution in [0.3, 0.4) is 0 Å². The zero-order chi connectivity index (χ0) is 8.72. The molecule has 1 saturated carbocycles. The second-order valence-electron chi connectivity index (χ2n) is 3.95. The Morgan fingerprint density at radius 2 is 2.25 bits per heavy atom. The fourth-order valence-electron chi connectivity index (χ4n) is 2.29. The molecule has 0 N–H and O–H groups in total. The summed E-state index contributed by atoms with van der Waals surface area (Å²) in [6.45, 7) is 6.18. The second-order valence-corrected chi connectivity index (χ2v) is 3.95. The molecule has 1 fully saturated rings. The minimum absolute atomic E-state index is 0.671. The zero-order valence-electron chi connectivity index (χ0n) is 7.88. The van der Waals surface area contributed by atoms with E-state index in [9.17, 15) is 0 Å². The molecule has 0 amide bonds. The molecule has 0 spiro atoms. The SMILES string of the molecule is C=C1C(C)=NN(C)C2CCC1C2. The molecule has 2 bridgehead atoms. The van der Waals surface area contributed by atoms with Gasteiger partial charge in [0.2, 0.25) is 0 Å². The predicted octanol–water partition coefficient (Wildman–Crippen LogP) is 2.03. The third-order valence-corrected chi connectivity index (χ3v) is 3.20. The van der Waals surface area contributed by atoms with Crippen LogP contribution in [0.4, 0.5) is 0 Å². The van der Waals surface area contributed by atoms with Gasteiger partial charge in [-0.3, -0.25) is 5.01 Å². The summed E-state index contributed by atoms with van der Waals surface area (Å²) in [4.78, 5) is 0. The lowest BCUT2D eigenvalue weighted by atomic mass is 9.96. The summed E-state index contributed by atoms with van der Waals surface area (Å²) in [6.07, 6.45) is 3.86. The van der Waals surface area contributed by atoms with Crippen molar-refractivity contribution in [2.45, 2.75) is 32.2 Å². The number of rotatable bonds is 0. The average molecular weight is 164 g/mol. The fourth-order valence-corrected chi connectivity index (χ4v) is 2.29. The molecule has 2 unspecified atom stereocenters. The number of hydrazone groups is 1. The fraction of sp³-hybridized carbons (Fsp3) is 0.700. The van der Waals surface area contributed by atoms with Crippen molar-refractivity contribution < 1.29 is 0 Å². The molecule has 0 radical (unpaired) electrons. The van der Waals surface area contributed by atoms with Crippen molar-refractivity contribution in [2.24, 2.45) is 11.0 Å². The highest BCUT2D eigenvalue weighted by Gasteiger charge is 2.32. The summed E-state index contributed by atoms with van der Waals surface area (Å²) >= 11 is 0. The van der Waals surface area contributed by atoms with Gasteiger partial charge in [0.05, 0.1) is 5.71 Å². The first-order chi connectivity index (χ1) is 5.68. The van der Waals surface area contributed by atoms with Crippen LogP contribution in [-0.4, -0.2) is 23.8 Å². The number of allylic oxidation sites excluding steroid dienone is 1. The third-order valence-electron chi connectivity index (χ3n) is 3.20. The largest absolute Gasteiger partial charge is 0.297 e. The van der Waals surface area contributed by atoms with Gasteiger partial charge in [-0.05, 0) is 37.7 Å². The Kier molecular flexibility index (Phi) is 1.71. The topological polar surface area (TPSA) is 15.6 Å². The summed E-state index contributed by atoms with van der Waals surface area (Å²) in [5.41, 5.74) is 2.39. The molecule has 2 atom stereocenters. The summed E-state index contributed by atoms with van der Waals surface area (Å²) in [5, 5.41) is 6.61. The first kappa shape index (κ1) is 7.84. The van der Waals surface area contributed by atoms with Gasteiger partial charge in [-0.2, -0.15) is 5.10 Å². The van der Waals surface area contributed by atoms with Crippen molar-refractivity contribution in [3.63, 3.8) is 0 Å². The summed E-state index contributed by atoms with van der Waals surface area (Å²) in [6, 6.07) is 0.671. The first-order valence-corrected chi connectivity index (χ1v) is 4.65. The standard InChI is InChI=1S/C10H16N2/c1-7-8(2)11-12(3)10-5-4-9(7)6-10/h9-10H,1,4-6H2,2-3H3. The molecule has 2 heteroatoms. The maximum Gasteiger partial charge on any atom is 0.0603 e. The highest BCUT2D eigenvalue weighted by atomic mass is 15.5. The molecule has 12 heavy (non-hydrogen) atoms. The zero-order valence-corrected chi connectivity index (χ0v) is 7.88. The van der Waals surface area contributed by atoms with Crippen LogP contribution in [0.1, 0.15) is 26.2 Å². The Labute approximate surface area is 73.9 Å². The van der Waals surface area contributed by atoms with Crippen LogP contribution >= 0.6 is 0 Å². The molecule has 2 nitrogen and oxygen atoms in total. The van der Waals surface area contributed by atoms with E-state index in [0.717, 1.165) is 5.71 Å². The van der Waals surface area contributed by atoms with E-state index < -0.39 is 0 Å². The molecule has 66 valence electrons. The molecule has 0 aromatic heterocycles. The van der Waals surface area contributed by atoms with E-state index in [2.05, 4.69) is 30.7 Å². The van der Waals surface area contributed by atoms with Crippen molar-refractivity contribution in [1.82, 2.24) is 5.01 Å². The van der Waals surface area contributed by atoms with Gasteiger partial charge < -0.3 is 0 Å². The van der Waals surface area contributed by atoms with Crippen LogP contribution in [0.5, 0.6) is 0 Å². The lowest BCUT2D eigenvalue weighted by molar-refractivity contribution is 0.258. The number of fused-ring (bicyclic) bond motifs is 2. The van der Waals surface area contributed by atoms with Crippen LogP contribution in [-0.2, 0) is 0 Å². The lowest BCUT2D eigenvalue weighted by Crippen LogP contribution is -2.23. The van der Waals surface area contributed by atoms with Crippen molar-refractivity contribution in [3.05, 3.63) is 12.2 Å². The highest BCUT2D eigenvalue weighted by molar-refractivity contribution is 5.98. The van der Waals surface area contributed by atoms with E-state index in [1.54, 1.807) is 0 Å². The quantitative estimate of drug-likeness (QED) is 0.535. The second kappa shape index (κ2) is 2.61. The van der Waals surface area contributed by atoms with Gasteiger partial charge >= 0.3 is 0 Å². The molecule has 2 aliphatic rings. The Morgan fingerprint density at radius 1 is 1.50 bits per heavy atom. The van der Waals surface area contributed by atoms with Crippen LogP contribution in [0, 0.1) is 5.92 Å². The average Bonchev–Trinajstić information content (AvgIpc) is 2.47.